The van der Waals surface area contributed by atoms with E-state index >= 15 is 0 Å². The lowest BCUT2D eigenvalue weighted by molar-refractivity contribution is -0.117. The molecule has 1 aliphatic heterocycles. The van der Waals surface area contributed by atoms with Crippen LogP contribution >= 0.6 is 0 Å². The molecule has 1 aromatic heterocycles. The van der Waals surface area contributed by atoms with Crippen LogP contribution in [0.1, 0.15) is 39.2 Å². The number of piperidine rings is 1. The predicted octanol–water partition coefficient (Wildman–Crippen LogP) is 4.64. The number of nitrogens with zero attached hydrogens (tertiary/aromatic N) is 3. The number of anilines is 1. The average Bonchev–Trinajstić information content (AvgIpc) is 3.56. The molecule has 1 aliphatic carbocycles. The number of halogens is 2. The monoisotopic (exact) mass is 498 g/mol. The molecule has 1 saturated carbocycles. The minimum Gasteiger partial charge on any atom is -0.486 e. The van der Waals surface area contributed by atoms with Crippen LogP contribution in [0.3, 0.4) is 0 Å². The van der Waals surface area contributed by atoms with Crippen molar-refractivity contribution in [1.29, 1.82) is 5.26 Å². The molecule has 2 aromatic rings. The zero-order valence-electron chi connectivity index (χ0n) is 20.3. The smallest absolute Gasteiger partial charge is 0.410 e. The Bertz CT molecular complexity index is 1190. The molecule has 1 N–H and O–H groups in total. The topological polar surface area (TPSA) is 105 Å². The second-order valence-electron chi connectivity index (χ2n) is 9.99. The number of ether oxygens (including phenoxy) is 2. The fourth-order valence-corrected chi connectivity index (χ4v) is 3.90. The van der Waals surface area contributed by atoms with Gasteiger partial charge in [0.05, 0.1) is 18.0 Å². The molecule has 1 saturated heterocycles. The van der Waals surface area contributed by atoms with Gasteiger partial charge in [-0.25, -0.2) is 18.6 Å². The first kappa shape index (κ1) is 25.4. The Morgan fingerprint density at radius 3 is 2.53 bits per heavy atom. The van der Waals surface area contributed by atoms with Crippen molar-refractivity contribution in [3.05, 3.63) is 42.1 Å². The van der Waals surface area contributed by atoms with Crippen molar-refractivity contribution in [2.24, 2.45) is 5.92 Å². The molecule has 8 nitrogen and oxygen atoms in total. The van der Waals surface area contributed by atoms with Gasteiger partial charge in [0.2, 0.25) is 5.91 Å². The molecular formula is C26H28F2N4O4. The molecule has 4 atom stereocenters. The van der Waals surface area contributed by atoms with Gasteiger partial charge in [-0.2, -0.15) is 5.26 Å². The van der Waals surface area contributed by atoms with Crippen LogP contribution in [-0.2, 0) is 9.53 Å². The van der Waals surface area contributed by atoms with Crippen molar-refractivity contribution in [2.45, 2.75) is 57.7 Å². The van der Waals surface area contributed by atoms with Crippen molar-refractivity contribution >= 4 is 17.8 Å². The van der Waals surface area contributed by atoms with E-state index in [0.717, 1.165) is 0 Å². The van der Waals surface area contributed by atoms with Crippen molar-refractivity contribution in [3.8, 4) is 22.9 Å². The van der Waals surface area contributed by atoms with Gasteiger partial charge in [0.1, 0.15) is 35.5 Å². The molecule has 0 unspecified atom stereocenters. The number of aromatic nitrogens is 1. The molecule has 4 rings (SSSR count). The van der Waals surface area contributed by atoms with Gasteiger partial charge in [-0.1, -0.05) is 6.07 Å². The number of hydrogen-bond donors (Lipinski definition) is 1. The van der Waals surface area contributed by atoms with Crippen molar-refractivity contribution < 1.29 is 27.8 Å². The van der Waals surface area contributed by atoms with Crippen LogP contribution in [0.5, 0.6) is 5.75 Å². The van der Waals surface area contributed by atoms with E-state index in [1.807, 2.05) is 0 Å². The fraction of sp³-hybridized carbons (Fsp3) is 0.462. The van der Waals surface area contributed by atoms with Gasteiger partial charge in [-0.05, 0) is 62.6 Å². The third kappa shape index (κ3) is 6.08. The van der Waals surface area contributed by atoms with E-state index in [2.05, 4.69) is 16.4 Å². The summed E-state index contributed by atoms with van der Waals surface area (Å²) < 4.78 is 39.2. The zero-order valence-corrected chi connectivity index (χ0v) is 20.3. The van der Waals surface area contributed by atoms with E-state index in [1.165, 1.54) is 11.1 Å². The lowest BCUT2D eigenvalue weighted by atomic mass is 10.0. The Balaban J connectivity index is 1.42. The maximum atomic E-state index is 14.9. The molecule has 190 valence electrons. The average molecular weight is 499 g/mol. The molecule has 36 heavy (non-hydrogen) atoms. The first-order valence-electron chi connectivity index (χ1n) is 11.8. The number of nitriles is 1. The molecule has 10 heteroatoms. The summed E-state index contributed by atoms with van der Waals surface area (Å²) in [5.74, 6) is -0.517. The summed E-state index contributed by atoms with van der Waals surface area (Å²) in [6.45, 7) is 5.36. The molecule has 0 bridgehead atoms. The van der Waals surface area contributed by atoms with Crippen LogP contribution in [0.4, 0.5) is 19.4 Å². The molecule has 0 spiro atoms. The van der Waals surface area contributed by atoms with E-state index in [-0.39, 0.29) is 43.1 Å². The lowest BCUT2D eigenvalue weighted by Crippen LogP contribution is -2.50. The molecule has 2 aliphatic rings. The van der Waals surface area contributed by atoms with Crippen molar-refractivity contribution in [2.75, 3.05) is 18.4 Å². The summed E-state index contributed by atoms with van der Waals surface area (Å²) >= 11 is 0. The normalized spacial score (nSPS) is 23.4. The second kappa shape index (κ2) is 10.1. The van der Waals surface area contributed by atoms with Crippen LogP contribution in [0, 0.1) is 17.2 Å². The number of nitrogens with one attached hydrogen (secondary N) is 1. The molecule has 2 heterocycles. The Hall–Kier alpha value is -3.74. The Kier molecular flexibility index (Phi) is 7.11. The number of carbonyl (C=O) groups is 2. The molecular weight excluding hydrogens is 470 g/mol. The molecule has 1 aromatic carbocycles. The predicted molar refractivity (Wildman–Crippen MR) is 128 cm³/mol. The largest absolute Gasteiger partial charge is 0.486 e. The number of amides is 2. The van der Waals surface area contributed by atoms with Gasteiger partial charge in [0, 0.05) is 19.2 Å². The van der Waals surface area contributed by atoms with Gasteiger partial charge < -0.3 is 19.7 Å². The Morgan fingerprint density at radius 2 is 1.89 bits per heavy atom. The lowest BCUT2D eigenvalue weighted by Gasteiger charge is -2.35. The minimum atomic E-state index is -1.45. The molecule has 0 radical (unpaired) electrons. The van der Waals surface area contributed by atoms with Crippen LogP contribution in [-0.4, -0.2) is 59.0 Å². The zero-order chi connectivity index (χ0) is 26.0. The number of hydrogen-bond acceptors (Lipinski definition) is 6. The third-order valence-corrected chi connectivity index (χ3v) is 5.91. The third-order valence-electron chi connectivity index (χ3n) is 5.91. The van der Waals surface area contributed by atoms with Crippen LogP contribution < -0.4 is 10.1 Å². The molecule has 2 fully saturated rings. The number of rotatable bonds is 5. The number of pyridine rings is 1. The fourth-order valence-electron chi connectivity index (χ4n) is 3.90. The van der Waals surface area contributed by atoms with Gasteiger partial charge in [-0.15, -0.1) is 0 Å². The van der Waals surface area contributed by atoms with E-state index in [9.17, 15) is 23.6 Å². The SMILES string of the molecule is CC(C)(C)OC(=O)N1CC[C@H](Oc2ccc(-c3ccnc(NC(=O)[C@@H]4C[C@@H]4F)c3)cc2C#N)[C@H](F)C1. The van der Waals surface area contributed by atoms with Crippen LogP contribution in [0.2, 0.25) is 0 Å². The highest BCUT2D eigenvalue weighted by Gasteiger charge is 2.43. The van der Waals surface area contributed by atoms with Gasteiger partial charge in [-0.3, -0.25) is 4.79 Å². The van der Waals surface area contributed by atoms with Crippen LogP contribution in [0.25, 0.3) is 11.1 Å². The highest BCUT2D eigenvalue weighted by molar-refractivity contribution is 5.94. The van der Waals surface area contributed by atoms with E-state index in [1.54, 1.807) is 51.1 Å². The summed E-state index contributed by atoms with van der Waals surface area (Å²) in [4.78, 5) is 29.7. The highest BCUT2D eigenvalue weighted by Crippen LogP contribution is 2.35. The quantitative estimate of drug-likeness (QED) is 0.644. The van der Waals surface area contributed by atoms with Gasteiger partial charge in [0.25, 0.3) is 0 Å². The number of benzene rings is 1. The molecule has 2 amide bonds. The Labute approximate surface area is 208 Å². The maximum Gasteiger partial charge on any atom is 0.410 e. The summed E-state index contributed by atoms with van der Waals surface area (Å²) in [5, 5.41) is 12.3. The highest BCUT2D eigenvalue weighted by atomic mass is 19.1. The Morgan fingerprint density at radius 1 is 1.17 bits per heavy atom. The second-order valence-corrected chi connectivity index (χ2v) is 9.99. The first-order valence-corrected chi connectivity index (χ1v) is 11.8. The summed E-state index contributed by atoms with van der Waals surface area (Å²) in [7, 11) is 0. The van der Waals surface area contributed by atoms with Crippen molar-refractivity contribution in [1.82, 2.24) is 9.88 Å². The van der Waals surface area contributed by atoms with E-state index < -0.39 is 42.0 Å². The maximum absolute atomic E-state index is 14.9. The number of alkyl halides is 2. The number of likely N-dealkylation sites (tertiary alicyclic amines) is 1. The standard InChI is InChI=1S/C26H28F2N4O4/c1-26(2,3)36-25(34)32-9-7-22(20(28)14-32)35-21-5-4-15(10-17(21)13-29)16-6-8-30-23(11-16)31-24(33)18-12-19(18)27/h4-6,8,10-11,18-20,22H,7,9,12,14H2,1-3H3,(H,30,31,33)/t18-,19+,20-,22+/m1/s1. The first-order chi connectivity index (χ1) is 17.0. The number of carbonyl (C=O) groups excluding carboxylic acids is 2. The van der Waals surface area contributed by atoms with Crippen LogP contribution in [0.15, 0.2) is 36.5 Å². The summed E-state index contributed by atoms with van der Waals surface area (Å²) in [6.07, 6.45) is -1.95. The summed E-state index contributed by atoms with van der Waals surface area (Å²) in [6, 6.07) is 10.4. The van der Waals surface area contributed by atoms with Crippen molar-refractivity contribution in [3.63, 3.8) is 0 Å². The van der Waals surface area contributed by atoms with E-state index in [0.29, 0.717) is 11.1 Å². The van der Waals surface area contributed by atoms with Gasteiger partial charge in [0.15, 0.2) is 6.17 Å². The van der Waals surface area contributed by atoms with Gasteiger partial charge >= 0.3 is 6.09 Å². The van der Waals surface area contributed by atoms with E-state index in [4.69, 9.17) is 9.47 Å². The summed E-state index contributed by atoms with van der Waals surface area (Å²) in [5.41, 5.74) is 0.901. The minimum absolute atomic E-state index is 0.158.